The zero-order valence-corrected chi connectivity index (χ0v) is 24.4. The predicted octanol–water partition coefficient (Wildman–Crippen LogP) is 6.50. The zero-order chi connectivity index (χ0) is 30.1. The van der Waals surface area contributed by atoms with E-state index in [1.54, 1.807) is 72.8 Å². The van der Waals surface area contributed by atoms with Crippen molar-refractivity contribution in [3.05, 3.63) is 118 Å². The van der Waals surface area contributed by atoms with Crippen LogP contribution in [-0.4, -0.2) is 35.7 Å². The number of carbonyl (C=O) groups excluding carboxylic acids is 3. The van der Waals surface area contributed by atoms with Gasteiger partial charge in [-0.05, 0) is 73.2 Å². The van der Waals surface area contributed by atoms with E-state index in [0.717, 1.165) is 10.5 Å². The van der Waals surface area contributed by atoms with Crippen LogP contribution in [0.25, 0.3) is 6.08 Å². The van der Waals surface area contributed by atoms with E-state index in [0.29, 0.717) is 33.3 Å². The number of methoxy groups -OCH3 is 1. The number of rotatable bonds is 10. The van der Waals surface area contributed by atoms with Gasteiger partial charge in [0, 0.05) is 38.5 Å². The minimum absolute atomic E-state index is 0.00554. The van der Waals surface area contributed by atoms with Crippen molar-refractivity contribution < 1.29 is 24.2 Å². The fraction of sp³-hybridized carbons (Fsp3) is 0.0938. The van der Waals surface area contributed by atoms with Crippen LogP contribution in [0.2, 0.25) is 5.02 Å². The number of hydrogen-bond acceptors (Lipinski definition) is 6. The maximum Gasteiger partial charge on any atom is 0.272 e. The Hall–Kier alpha value is -4.73. The summed E-state index contributed by atoms with van der Waals surface area (Å²) in [7, 11) is 1.44. The Morgan fingerprint density at radius 2 is 1.69 bits per heavy atom. The largest absolute Gasteiger partial charge is 0.508 e. The summed E-state index contributed by atoms with van der Waals surface area (Å²) >= 11 is 7.45. The van der Waals surface area contributed by atoms with Gasteiger partial charge in [0.25, 0.3) is 11.8 Å². The monoisotopic (exact) mass is 601 g/mol. The van der Waals surface area contributed by atoms with Gasteiger partial charge in [-0.25, -0.2) is 0 Å². The molecule has 8 nitrogen and oxygen atoms in total. The molecular weight excluding hydrogens is 574 g/mol. The summed E-state index contributed by atoms with van der Waals surface area (Å²) in [6, 6.07) is 25.3. The summed E-state index contributed by atoms with van der Waals surface area (Å²) in [6.07, 6.45) is 1.47. The van der Waals surface area contributed by atoms with Crippen molar-refractivity contribution in [1.29, 1.82) is 0 Å². The lowest BCUT2D eigenvalue weighted by molar-refractivity contribution is -0.114. The highest BCUT2D eigenvalue weighted by Crippen LogP contribution is 2.27. The molecule has 0 saturated carbocycles. The average Bonchev–Trinajstić information content (AvgIpc) is 2.99. The zero-order valence-electron chi connectivity index (χ0n) is 22.8. The minimum Gasteiger partial charge on any atom is -0.508 e. The molecular formula is C32H28ClN3O5S. The van der Waals surface area contributed by atoms with Crippen molar-refractivity contribution in [3.8, 4) is 11.5 Å². The van der Waals surface area contributed by atoms with Gasteiger partial charge in [-0.1, -0.05) is 41.9 Å². The molecule has 0 radical (unpaired) electrons. The second kappa shape index (κ2) is 14.2. The molecule has 214 valence electrons. The van der Waals surface area contributed by atoms with Crippen molar-refractivity contribution in [2.75, 3.05) is 23.5 Å². The Labute approximate surface area is 252 Å². The summed E-state index contributed by atoms with van der Waals surface area (Å²) in [6.45, 7) is 1.83. The fourth-order valence-electron chi connectivity index (χ4n) is 3.86. The van der Waals surface area contributed by atoms with E-state index >= 15 is 0 Å². The van der Waals surface area contributed by atoms with Crippen LogP contribution in [-0.2, 0) is 9.59 Å². The van der Waals surface area contributed by atoms with Gasteiger partial charge in [0.15, 0.2) is 0 Å². The van der Waals surface area contributed by atoms with E-state index in [1.165, 1.54) is 37.1 Å². The predicted molar refractivity (Wildman–Crippen MR) is 167 cm³/mol. The van der Waals surface area contributed by atoms with Gasteiger partial charge in [0.1, 0.15) is 17.2 Å². The number of thioether (sulfide) groups is 1. The van der Waals surface area contributed by atoms with E-state index in [2.05, 4.69) is 16.0 Å². The van der Waals surface area contributed by atoms with E-state index in [4.69, 9.17) is 16.3 Å². The third-order valence-electron chi connectivity index (χ3n) is 6.05. The van der Waals surface area contributed by atoms with Crippen molar-refractivity contribution in [3.63, 3.8) is 0 Å². The number of phenols is 1. The van der Waals surface area contributed by atoms with Crippen LogP contribution in [0.3, 0.4) is 0 Å². The van der Waals surface area contributed by atoms with E-state index in [9.17, 15) is 19.5 Å². The summed E-state index contributed by atoms with van der Waals surface area (Å²) in [5.41, 5.74) is 2.71. The molecule has 4 N–H and O–H groups in total. The maximum absolute atomic E-state index is 13.4. The normalized spacial score (nSPS) is 11.0. The first-order valence-electron chi connectivity index (χ1n) is 12.8. The molecule has 3 amide bonds. The quantitative estimate of drug-likeness (QED) is 0.122. The second-order valence-electron chi connectivity index (χ2n) is 9.04. The molecule has 0 fully saturated rings. The van der Waals surface area contributed by atoms with Crippen molar-refractivity contribution >= 4 is 58.5 Å². The highest BCUT2D eigenvalue weighted by Gasteiger charge is 2.17. The topological polar surface area (TPSA) is 117 Å². The fourth-order valence-corrected chi connectivity index (χ4v) is 4.79. The molecule has 0 unspecified atom stereocenters. The summed E-state index contributed by atoms with van der Waals surface area (Å²) in [5, 5.41) is 18.7. The number of hydrogen-bond donors (Lipinski definition) is 4. The lowest BCUT2D eigenvalue weighted by Crippen LogP contribution is -2.30. The first-order chi connectivity index (χ1) is 20.2. The second-order valence-corrected chi connectivity index (χ2v) is 10.5. The molecule has 0 aliphatic carbocycles. The van der Waals surface area contributed by atoms with Crippen LogP contribution in [0.15, 0.2) is 102 Å². The van der Waals surface area contributed by atoms with Gasteiger partial charge in [-0.15, -0.1) is 11.8 Å². The number of anilines is 2. The molecule has 0 aliphatic heterocycles. The van der Waals surface area contributed by atoms with Gasteiger partial charge >= 0.3 is 0 Å². The summed E-state index contributed by atoms with van der Waals surface area (Å²) in [4.78, 5) is 39.7. The van der Waals surface area contributed by atoms with Gasteiger partial charge in [0.05, 0.1) is 12.9 Å². The Balaban J connectivity index is 1.49. The molecule has 4 aromatic carbocycles. The van der Waals surface area contributed by atoms with Gasteiger partial charge < -0.3 is 25.8 Å². The first-order valence-corrected chi connectivity index (χ1v) is 14.1. The first kappa shape index (κ1) is 30.2. The minimum atomic E-state index is -0.578. The molecule has 0 spiro atoms. The van der Waals surface area contributed by atoms with Gasteiger partial charge in [-0.3, -0.25) is 14.4 Å². The molecule has 0 bridgehead atoms. The molecule has 0 aliphatic rings. The standard InChI is InChI=1S/C32H28ClN3O5S/c1-20-26(33)12-7-13-27(20)35-30(38)19-42-25-11-6-10-23(17-25)34-32(40)28(36-31(39)21-8-4-3-5-9-21)16-22-14-15-24(37)18-29(22)41-2/h3-18,37H,19H2,1-2H3,(H,34,40)(H,35,38)(H,36,39)/b28-16+. The Morgan fingerprint density at radius 3 is 2.45 bits per heavy atom. The number of ether oxygens (including phenoxy) is 1. The maximum atomic E-state index is 13.4. The van der Waals surface area contributed by atoms with Crippen LogP contribution in [0.1, 0.15) is 21.5 Å². The van der Waals surface area contributed by atoms with Crippen molar-refractivity contribution in [1.82, 2.24) is 5.32 Å². The van der Waals surface area contributed by atoms with Crippen LogP contribution < -0.4 is 20.7 Å². The molecule has 0 saturated heterocycles. The van der Waals surface area contributed by atoms with Gasteiger partial charge in [0.2, 0.25) is 5.91 Å². The number of carbonyl (C=O) groups is 3. The summed E-state index contributed by atoms with van der Waals surface area (Å²) in [5.74, 6) is -0.794. The van der Waals surface area contributed by atoms with E-state index in [-0.39, 0.29) is 23.1 Å². The Morgan fingerprint density at radius 1 is 0.929 bits per heavy atom. The number of nitrogens with one attached hydrogen (secondary N) is 3. The van der Waals surface area contributed by atoms with Gasteiger partial charge in [-0.2, -0.15) is 0 Å². The molecule has 42 heavy (non-hydrogen) atoms. The molecule has 0 heterocycles. The van der Waals surface area contributed by atoms with E-state index in [1.807, 2.05) is 13.0 Å². The number of benzene rings is 4. The SMILES string of the molecule is COc1cc(O)ccc1/C=C(/NC(=O)c1ccccc1)C(=O)Nc1cccc(SCC(=O)Nc2cccc(Cl)c2C)c1. The Kier molecular flexibility index (Phi) is 10.3. The van der Waals surface area contributed by atoms with Crippen LogP contribution >= 0.6 is 23.4 Å². The molecule has 0 aromatic heterocycles. The van der Waals surface area contributed by atoms with Crippen molar-refractivity contribution in [2.24, 2.45) is 0 Å². The number of amides is 3. The lowest BCUT2D eigenvalue weighted by Gasteiger charge is -2.13. The number of aromatic hydroxyl groups is 1. The van der Waals surface area contributed by atoms with Crippen LogP contribution in [0, 0.1) is 6.92 Å². The summed E-state index contributed by atoms with van der Waals surface area (Å²) < 4.78 is 5.34. The molecule has 10 heteroatoms. The van der Waals surface area contributed by atoms with E-state index < -0.39 is 11.8 Å². The third kappa shape index (κ3) is 8.15. The lowest BCUT2D eigenvalue weighted by atomic mass is 10.1. The number of phenolic OH excluding ortho intramolecular Hbond substituents is 1. The Bertz CT molecular complexity index is 1640. The third-order valence-corrected chi connectivity index (χ3v) is 7.45. The molecule has 0 atom stereocenters. The smallest absolute Gasteiger partial charge is 0.272 e. The molecule has 4 aromatic rings. The van der Waals surface area contributed by atoms with Crippen molar-refractivity contribution in [2.45, 2.75) is 11.8 Å². The average molecular weight is 602 g/mol. The number of halogens is 1. The van der Waals surface area contributed by atoms with Crippen LogP contribution in [0.5, 0.6) is 11.5 Å². The highest BCUT2D eigenvalue weighted by atomic mass is 35.5. The molecule has 4 rings (SSSR count). The highest BCUT2D eigenvalue weighted by molar-refractivity contribution is 8.00. The van der Waals surface area contributed by atoms with Crippen LogP contribution in [0.4, 0.5) is 11.4 Å².